The zero-order chi connectivity index (χ0) is 0. The summed E-state index contributed by atoms with van der Waals surface area (Å²) in [6, 6.07) is 0. The Labute approximate surface area is 74.6 Å². The predicted molar refractivity (Wildman–Crippen MR) is 2.06 cm³/mol. The summed E-state index contributed by atoms with van der Waals surface area (Å²) in [7, 11) is 0. The topological polar surface area (TPSA) is 85.5 Å². The van der Waals surface area contributed by atoms with Gasteiger partial charge in [-0.25, -0.2) is 0 Å². The van der Waals surface area contributed by atoms with Crippen LogP contribution >= 0.6 is 0 Å². The molecule has 0 aliphatic rings. The minimum atomic E-state index is 0. The molecule has 0 heterocycles. The third-order valence-corrected chi connectivity index (χ3v) is 0. The van der Waals surface area contributed by atoms with Crippen molar-refractivity contribution < 1.29 is 75.1 Å². The van der Waals surface area contributed by atoms with Crippen LogP contribution in [0.5, 0.6) is 0 Å². The van der Waals surface area contributed by atoms with Crippen LogP contribution in [0.25, 0.3) is 0 Å². The van der Waals surface area contributed by atoms with Gasteiger partial charge in [0.05, 0.1) is 0 Å². The van der Waals surface area contributed by atoms with Gasteiger partial charge in [0.1, 0.15) is 0 Å². The SMILES string of the molecule is [Mo].[Ni].[O-2].[O-2].[O-2].[W+6]. The third kappa shape index (κ3) is 42.4. The number of rotatable bonds is 0. The largest absolute Gasteiger partial charge is 6.00 e. The van der Waals surface area contributed by atoms with Crippen LogP contribution in [0.2, 0.25) is 0 Å². The second kappa shape index (κ2) is 72.9. The molecule has 6 heavy (non-hydrogen) atoms. The first-order valence-corrected chi connectivity index (χ1v) is 0. The van der Waals surface area contributed by atoms with Gasteiger partial charge in [-0.05, 0) is 0 Å². The van der Waals surface area contributed by atoms with Crippen molar-refractivity contribution in [2.75, 3.05) is 0 Å². The first-order chi connectivity index (χ1) is 0. The van der Waals surface area contributed by atoms with Crippen molar-refractivity contribution in [3.8, 4) is 0 Å². The summed E-state index contributed by atoms with van der Waals surface area (Å²) in [5, 5.41) is 0. The monoisotopic (exact) mass is 388 g/mol. The van der Waals surface area contributed by atoms with E-state index in [0.717, 1.165) is 0 Å². The van der Waals surface area contributed by atoms with Gasteiger partial charge in [-0.2, -0.15) is 0 Å². The molecule has 6 heteroatoms. The van der Waals surface area contributed by atoms with E-state index in [4.69, 9.17) is 0 Å². The summed E-state index contributed by atoms with van der Waals surface area (Å²) in [4.78, 5) is 0. The maximum absolute atomic E-state index is 0. The quantitative estimate of drug-likeness (QED) is 0.509. The van der Waals surface area contributed by atoms with Crippen LogP contribution < -0.4 is 0 Å². The molecule has 3 nitrogen and oxygen atoms in total. The molecule has 0 N–H and O–H groups in total. The zero-order valence-electron chi connectivity index (χ0n) is 2.36. The van der Waals surface area contributed by atoms with Crippen LogP contribution in [0, 0.1) is 0 Å². The van der Waals surface area contributed by atoms with Gasteiger partial charge in [0.25, 0.3) is 0 Å². The summed E-state index contributed by atoms with van der Waals surface area (Å²) < 4.78 is 0. The summed E-state index contributed by atoms with van der Waals surface area (Å²) in [5.41, 5.74) is 0. The third-order valence-electron chi connectivity index (χ3n) is 0. The smallest absolute Gasteiger partial charge is 2.00 e. The van der Waals surface area contributed by atoms with Crippen LogP contribution in [0.1, 0.15) is 0 Å². The van der Waals surface area contributed by atoms with Gasteiger partial charge in [0.2, 0.25) is 0 Å². The van der Waals surface area contributed by atoms with Gasteiger partial charge in [-0.1, -0.05) is 0 Å². The molecule has 0 atom stereocenters. The Kier molecular flexibility index (Phi) is 1400. The maximum Gasteiger partial charge on any atom is 6.00 e. The molecule has 0 saturated heterocycles. The minimum Gasteiger partial charge on any atom is -2.00 e. The van der Waals surface area contributed by atoms with Crippen molar-refractivity contribution in [3.05, 3.63) is 0 Å². The van der Waals surface area contributed by atoms with Gasteiger partial charge in [-0.3, -0.25) is 0 Å². The van der Waals surface area contributed by atoms with Crippen molar-refractivity contribution in [1.29, 1.82) is 0 Å². The predicted octanol–water partition coefficient (Wildman–Crippen LogP) is -0.364. The molecule has 0 unspecified atom stereocenters. The Bertz CT molecular complexity index is 10.8. The van der Waals surface area contributed by atoms with E-state index < -0.39 is 0 Å². The molecule has 40 valence electrons. The number of hydrogen-bond donors (Lipinski definition) is 0. The average molecular weight is 386 g/mol. The van der Waals surface area contributed by atoms with Crippen LogP contribution in [-0.4, -0.2) is 0 Å². The van der Waals surface area contributed by atoms with Crippen LogP contribution in [-0.2, 0) is 75.1 Å². The fraction of sp³-hybridized carbons (Fsp3) is 0. The van der Waals surface area contributed by atoms with Crippen LogP contribution in [0.3, 0.4) is 0 Å². The van der Waals surface area contributed by atoms with Crippen molar-refractivity contribution in [2.45, 2.75) is 0 Å². The van der Waals surface area contributed by atoms with Crippen LogP contribution in [0.15, 0.2) is 0 Å². The molecule has 0 rings (SSSR count). The molecular weight excluding hydrogens is 386 g/mol. The maximum atomic E-state index is 0. The van der Waals surface area contributed by atoms with E-state index in [2.05, 4.69) is 0 Å². The van der Waals surface area contributed by atoms with E-state index in [1.54, 1.807) is 0 Å². The molecule has 0 amide bonds. The average Bonchev–Trinajstić information content (AvgIpc) is 0. The minimum absolute atomic E-state index is 0. The molecule has 0 aliphatic heterocycles. The normalized spacial score (nSPS) is 0. The van der Waals surface area contributed by atoms with Gasteiger partial charge in [0.15, 0.2) is 0 Å². The van der Waals surface area contributed by atoms with E-state index in [9.17, 15) is 0 Å². The second-order valence-corrected chi connectivity index (χ2v) is 0. The molecule has 0 bridgehead atoms. The molecule has 0 spiro atoms. The Hall–Kier alpha value is 1.75. The molecule has 0 fully saturated rings. The van der Waals surface area contributed by atoms with Gasteiger partial charge in [-0.15, -0.1) is 0 Å². The van der Waals surface area contributed by atoms with Crippen molar-refractivity contribution in [1.82, 2.24) is 0 Å². The zero-order valence-corrected chi connectivity index (χ0v) is 8.29. The van der Waals surface area contributed by atoms with Crippen LogP contribution in [0.4, 0.5) is 0 Å². The molecular formula is MoNiO3W. The first-order valence-electron chi connectivity index (χ1n) is 0. The summed E-state index contributed by atoms with van der Waals surface area (Å²) in [5.74, 6) is 0. The van der Waals surface area contributed by atoms with Crippen molar-refractivity contribution in [3.63, 3.8) is 0 Å². The standard InChI is InChI=1S/Mo.Ni.3O.W/q;;3*-2;+6. The Morgan fingerprint density at radius 3 is 0.667 bits per heavy atom. The van der Waals surface area contributed by atoms with Gasteiger partial charge < -0.3 is 16.4 Å². The molecule has 0 aromatic carbocycles. The second-order valence-electron chi connectivity index (χ2n) is 0. The Morgan fingerprint density at radius 1 is 0.667 bits per heavy atom. The van der Waals surface area contributed by atoms with E-state index in [1.165, 1.54) is 0 Å². The molecule has 0 aromatic rings. The molecule has 0 saturated carbocycles. The van der Waals surface area contributed by atoms with Gasteiger partial charge >= 0.3 is 21.1 Å². The Balaban J connectivity index is 0. The fourth-order valence-electron chi connectivity index (χ4n) is 0. The van der Waals surface area contributed by atoms with Crippen molar-refractivity contribution in [2.24, 2.45) is 0 Å². The Morgan fingerprint density at radius 2 is 0.667 bits per heavy atom. The summed E-state index contributed by atoms with van der Waals surface area (Å²) >= 11 is 0. The molecule has 0 aliphatic carbocycles. The molecule has 0 aromatic heterocycles. The van der Waals surface area contributed by atoms with E-state index >= 15 is 0 Å². The van der Waals surface area contributed by atoms with Crippen molar-refractivity contribution >= 4 is 0 Å². The van der Waals surface area contributed by atoms with E-state index in [0.29, 0.717) is 0 Å². The number of hydrogen-bond acceptors (Lipinski definition) is 0. The van der Waals surface area contributed by atoms with E-state index in [1.807, 2.05) is 0 Å². The summed E-state index contributed by atoms with van der Waals surface area (Å²) in [6.45, 7) is 0. The summed E-state index contributed by atoms with van der Waals surface area (Å²) in [6.07, 6.45) is 0. The van der Waals surface area contributed by atoms with E-state index in [-0.39, 0.29) is 75.1 Å². The fourth-order valence-corrected chi connectivity index (χ4v) is 0. The molecule has 0 radical (unpaired) electrons. The van der Waals surface area contributed by atoms with Gasteiger partial charge in [0, 0.05) is 37.6 Å². The first kappa shape index (κ1) is 115.